The molecule has 72 valence electrons. The van der Waals surface area contributed by atoms with Gasteiger partial charge in [-0.2, -0.15) is 8.75 Å². The lowest BCUT2D eigenvalue weighted by molar-refractivity contribution is 0.0603. The van der Waals surface area contributed by atoms with Gasteiger partial charge >= 0.3 is 5.97 Å². The van der Waals surface area contributed by atoms with Gasteiger partial charge in [0.15, 0.2) is 0 Å². The highest BCUT2D eigenvalue weighted by molar-refractivity contribution is 9.10. The molecule has 2 aromatic rings. The van der Waals surface area contributed by atoms with E-state index in [4.69, 9.17) is 0 Å². The first-order valence-electron chi connectivity index (χ1n) is 3.72. The molecule has 6 heteroatoms. The van der Waals surface area contributed by atoms with Gasteiger partial charge in [-0.1, -0.05) is 15.9 Å². The van der Waals surface area contributed by atoms with Gasteiger partial charge in [-0.05, 0) is 12.1 Å². The fourth-order valence-electron chi connectivity index (χ4n) is 1.12. The number of ether oxygens (including phenoxy) is 1. The normalized spacial score (nSPS) is 10.4. The number of nitrogens with zero attached hydrogens (tertiary/aromatic N) is 2. The summed E-state index contributed by atoms with van der Waals surface area (Å²) in [7, 11) is 1.34. The van der Waals surface area contributed by atoms with Gasteiger partial charge in [0.05, 0.1) is 24.4 Å². The zero-order valence-corrected chi connectivity index (χ0v) is 9.55. The van der Waals surface area contributed by atoms with E-state index in [1.165, 1.54) is 7.11 Å². The molecular weight excluding hydrogens is 268 g/mol. The number of hydrogen-bond acceptors (Lipinski definition) is 5. The van der Waals surface area contributed by atoms with Gasteiger partial charge in [-0.3, -0.25) is 0 Å². The van der Waals surface area contributed by atoms with E-state index in [0.717, 1.165) is 16.2 Å². The molecule has 0 atom stereocenters. The average molecular weight is 273 g/mol. The molecular formula is C8H5BrN2O2S. The summed E-state index contributed by atoms with van der Waals surface area (Å²) in [5.41, 5.74) is 1.72. The molecule has 1 aromatic heterocycles. The summed E-state index contributed by atoms with van der Waals surface area (Å²) in [5.74, 6) is -0.399. The van der Waals surface area contributed by atoms with E-state index in [0.29, 0.717) is 16.6 Å². The number of fused-ring (bicyclic) bond motifs is 1. The minimum absolute atomic E-state index is 0.399. The van der Waals surface area contributed by atoms with Crippen LogP contribution in [0.5, 0.6) is 0 Å². The van der Waals surface area contributed by atoms with Crippen molar-refractivity contribution in [3.8, 4) is 0 Å². The van der Waals surface area contributed by atoms with E-state index >= 15 is 0 Å². The first kappa shape index (κ1) is 9.54. The molecule has 0 unspecified atom stereocenters. The quantitative estimate of drug-likeness (QED) is 0.748. The second-order valence-electron chi connectivity index (χ2n) is 2.58. The van der Waals surface area contributed by atoms with Gasteiger partial charge in [0, 0.05) is 4.47 Å². The maximum absolute atomic E-state index is 11.4. The lowest BCUT2D eigenvalue weighted by Crippen LogP contribution is -2.02. The number of hydrogen-bond donors (Lipinski definition) is 0. The van der Waals surface area contributed by atoms with Crippen LogP contribution in [0.4, 0.5) is 0 Å². The van der Waals surface area contributed by atoms with Gasteiger partial charge in [0.2, 0.25) is 0 Å². The maximum atomic E-state index is 11.4. The highest BCUT2D eigenvalue weighted by atomic mass is 79.9. The van der Waals surface area contributed by atoms with Gasteiger partial charge in [0.1, 0.15) is 11.0 Å². The summed E-state index contributed by atoms with van der Waals surface area (Å²) in [4.78, 5) is 11.4. The molecule has 2 rings (SSSR count). The highest BCUT2D eigenvalue weighted by Crippen LogP contribution is 2.23. The third-order valence-electron chi connectivity index (χ3n) is 1.73. The minimum Gasteiger partial charge on any atom is -0.465 e. The number of aromatic nitrogens is 2. The molecule has 0 saturated carbocycles. The molecule has 0 aliphatic heterocycles. The van der Waals surface area contributed by atoms with E-state index in [9.17, 15) is 4.79 Å². The van der Waals surface area contributed by atoms with Crippen LogP contribution in [-0.2, 0) is 4.74 Å². The van der Waals surface area contributed by atoms with Crippen LogP contribution >= 0.6 is 27.7 Å². The first-order chi connectivity index (χ1) is 6.72. The van der Waals surface area contributed by atoms with Crippen molar-refractivity contribution < 1.29 is 9.53 Å². The molecule has 0 spiro atoms. The van der Waals surface area contributed by atoms with Crippen LogP contribution < -0.4 is 0 Å². The molecule has 0 radical (unpaired) electrons. The zero-order chi connectivity index (χ0) is 10.1. The summed E-state index contributed by atoms with van der Waals surface area (Å²) in [5, 5.41) is 0. The topological polar surface area (TPSA) is 52.1 Å². The second-order valence-corrected chi connectivity index (χ2v) is 4.02. The molecule has 0 N–H and O–H groups in total. The maximum Gasteiger partial charge on any atom is 0.340 e. The highest BCUT2D eigenvalue weighted by Gasteiger charge is 2.14. The number of methoxy groups -OCH3 is 1. The van der Waals surface area contributed by atoms with E-state index in [1.807, 2.05) is 6.07 Å². The smallest absolute Gasteiger partial charge is 0.340 e. The van der Waals surface area contributed by atoms with Crippen LogP contribution in [0.3, 0.4) is 0 Å². The molecule has 0 aliphatic rings. The second kappa shape index (κ2) is 3.62. The number of carbonyl (C=O) groups excluding carboxylic acids is 1. The Morgan fingerprint density at radius 2 is 2.29 bits per heavy atom. The van der Waals surface area contributed by atoms with Gasteiger partial charge in [-0.25, -0.2) is 4.79 Å². The number of rotatable bonds is 1. The third kappa shape index (κ3) is 1.51. The number of benzene rings is 1. The van der Waals surface area contributed by atoms with Crippen LogP contribution in [0.2, 0.25) is 0 Å². The van der Waals surface area contributed by atoms with Crippen molar-refractivity contribution in [3.05, 3.63) is 22.2 Å². The number of halogens is 1. The summed E-state index contributed by atoms with van der Waals surface area (Å²) in [6, 6.07) is 3.49. The van der Waals surface area contributed by atoms with Crippen LogP contribution in [-0.4, -0.2) is 21.8 Å². The molecule has 0 aliphatic carbocycles. The standard InChI is InChI=1S/C8H5BrN2O2S/c1-13-8(12)5-2-4(9)3-6-7(5)11-14-10-6/h2-3H,1H3. The van der Waals surface area contributed by atoms with Gasteiger partial charge in [-0.15, -0.1) is 0 Å². The van der Waals surface area contributed by atoms with Gasteiger partial charge < -0.3 is 4.74 Å². The Balaban J connectivity index is 2.72. The molecule has 0 amide bonds. The SMILES string of the molecule is COC(=O)c1cc(Br)cc2nsnc12. The van der Waals surface area contributed by atoms with E-state index in [-0.39, 0.29) is 0 Å². The van der Waals surface area contributed by atoms with Crippen molar-refractivity contribution >= 4 is 44.7 Å². The van der Waals surface area contributed by atoms with Crippen molar-refractivity contribution in [1.29, 1.82) is 0 Å². The Hall–Kier alpha value is -1.01. The average Bonchev–Trinajstić information content (AvgIpc) is 2.62. The predicted molar refractivity (Wildman–Crippen MR) is 56.5 cm³/mol. The zero-order valence-electron chi connectivity index (χ0n) is 7.15. The van der Waals surface area contributed by atoms with Crippen LogP contribution in [0, 0.1) is 0 Å². The lowest BCUT2D eigenvalue weighted by Gasteiger charge is -1.99. The summed E-state index contributed by atoms with van der Waals surface area (Å²) in [6.07, 6.45) is 0. The van der Waals surface area contributed by atoms with Crippen molar-refractivity contribution in [2.24, 2.45) is 0 Å². The monoisotopic (exact) mass is 272 g/mol. The van der Waals surface area contributed by atoms with E-state index in [2.05, 4.69) is 29.4 Å². The Labute approximate surface area is 92.3 Å². The number of carbonyl (C=O) groups is 1. The minimum atomic E-state index is -0.399. The van der Waals surface area contributed by atoms with Crippen molar-refractivity contribution in [2.75, 3.05) is 7.11 Å². The largest absolute Gasteiger partial charge is 0.465 e. The Morgan fingerprint density at radius 3 is 3.00 bits per heavy atom. The Morgan fingerprint density at radius 1 is 1.50 bits per heavy atom. The summed E-state index contributed by atoms with van der Waals surface area (Å²) in [6.45, 7) is 0. The van der Waals surface area contributed by atoms with Crippen molar-refractivity contribution in [2.45, 2.75) is 0 Å². The molecule has 0 saturated heterocycles. The predicted octanol–water partition coefficient (Wildman–Crippen LogP) is 2.24. The summed E-state index contributed by atoms with van der Waals surface area (Å²) >= 11 is 4.37. The van der Waals surface area contributed by atoms with E-state index in [1.54, 1.807) is 6.07 Å². The van der Waals surface area contributed by atoms with Crippen LogP contribution in [0.1, 0.15) is 10.4 Å². The van der Waals surface area contributed by atoms with Gasteiger partial charge in [0.25, 0.3) is 0 Å². The fraction of sp³-hybridized carbons (Fsp3) is 0.125. The Kier molecular flexibility index (Phi) is 2.47. The third-order valence-corrected chi connectivity index (χ3v) is 2.73. The summed E-state index contributed by atoms with van der Waals surface area (Å²) < 4.78 is 13.5. The molecule has 1 aromatic carbocycles. The molecule has 1 heterocycles. The van der Waals surface area contributed by atoms with Crippen LogP contribution in [0.25, 0.3) is 11.0 Å². The van der Waals surface area contributed by atoms with Crippen LogP contribution in [0.15, 0.2) is 16.6 Å². The molecule has 0 bridgehead atoms. The fourth-order valence-corrected chi connectivity index (χ4v) is 2.11. The van der Waals surface area contributed by atoms with E-state index < -0.39 is 5.97 Å². The molecule has 0 fully saturated rings. The molecule has 14 heavy (non-hydrogen) atoms. The Bertz CT molecular complexity index is 497. The van der Waals surface area contributed by atoms with Crippen molar-refractivity contribution in [3.63, 3.8) is 0 Å². The lowest BCUT2D eigenvalue weighted by atomic mass is 10.2. The number of esters is 1. The van der Waals surface area contributed by atoms with Crippen molar-refractivity contribution in [1.82, 2.24) is 8.75 Å². The first-order valence-corrected chi connectivity index (χ1v) is 5.25. The molecule has 4 nitrogen and oxygen atoms in total.